The molecule has 3 nitrogen and oxygen atoms in total. The van der Waals surface area contributed by atoms with Gasteiger partial charge >= 0.3 is 5.97 Å². The van der Waals surface area contributed by atoms with Gasteiger partial charge in [0.15, 0.2) is 0 Å². The first-order chi connectivity index (χ1) is 7.18. The van der Waals surface area contributed by atoms with Crippen LogP contribution in [0.5, 0.6) is 0 Å². The van der Waals surface area contributed by atoms with Crippen molar-refractivity contribution < 1.29 is 11.3 Å². The molecule has 84 valence electrons. The van der Waals surface area contributed by atoms with E-state index in [0.29, 0.717) is 6.42 Å². The lowest BCUT2D eigenvalue weighted by Gasteiger charge is -2.00. The van der Waals surface area contributed by atoms with E-state index < -0.39 is 12.4 Å². The summed E-state index contributed by atoms with van der Waals surface area (Å²) < 4.78 is 7.18. The Bertz CT molecular complexity index is 165. The molecule has 0 radical (unpaired) electrons. The summed E-state index contributed by atoms with van der Waals surface area (Å²) in [7, 11) is 0. The third-order valence-electron chi connectivity index (χ3n) is 2.23. The average Bonchev–Trinajstić information content (AvgIpc) is 2.21. The van der Waals surface area contributed by atoms with Crippen LogP contribution in [-0.4, -0.2) is 17.6 Å². The fraction of sp³-hybridized carbons (Fsp3) is 0.909. The van der Waals surface area contributed by atoms with E-state index in [1.165, 1.54) is 19.3 Å². The molecule has 0 aliphatic rings. The Balaban J connectivity index is 3.08. The second-order valence-corrected chi connectivity index (χ2v) is 3.59. The molecular formula is C11H23NO2. The SMILES string of the molecule is [3H]C(CCCCCCCCCN)C(=O)O. The second-order valence-electron chi connectivity index (χ2n) is 3.59. The smallest absolute Gasteiger partial charge is 0.303 e. The van der Waals surface area contributed by atoms with E-state index in [2.05, 4.69) is 0 Å². The zero-order valence-corrected chi connectivity index (χ0v) is 8.87. The number of hydrogen-bond donors (Lipinski definition) is 2. The monoisotopic (exact) mass is 203 g/mol. The van der Waals surface area contributed by atoms with Crippen molar-refractivity contribution in [2.75, 3.05) is 6.54 Å². The summed E-state index contributed by atoms with van der Waals surface area (Å²) >= 11 is 0. The number of carboxylic acid groups (broad SMARTS) is 1. The van der Waals surface area contributed by atoms with Gasteiger partial charge in [0.05, 0.1) is 0 Å². The number of carboxylic acids is 1. The topological polar surface area (TPSA) is 63.3 Å². The Morgan fingerprint density at radius 3 is 1.86 bits per heavy atom. The van der Waals surface area contributed by atoms with E-state index in [4.69, 9.17) is 12.2 Å². The Morgan fingerprint density at radius 2 is 1.43 bits per heavy atom. The minimum Gasteiger partial charge on any atom is -0.481 e. The molecule has 0 heterocycles. The highest BCUT2D eigenvalue weighted by atomic mass is 16.4. The van der Waals surface area contributed by atoms with E-state index in [1.54, 1.807) is 0 Å². The molecule has 0 saturated carbocycles. The van der Waals surface area contributed by atoms with Crippen LogP contribution >= 0.6 is 0 Å². The lowest BCUT2D eigenvalue weighted by Crippen LogP contribution is -1.97. The summed E-state index contributed by atoms with van der Waals surface area (Å²) in [5.41, 5.74) is 5.38. The molecule has 0 bridgehead atoms. The van der Waals surface area contributed by atoms with Crippen molar-refractivity contribution in [1.82, 2.24) is 0 Å². The molecule has 0 aromatic rings. The highest BCUT2D eigenvalue weighted by Crippen LogP contribution is 2.09. The maximum atomic E-state index is 10.3. The number of nitrogens with two attached hydrogens (primary N) is 1. The van der Waals surface area contributed by atoms with Crippen LogP contribution < -0.4 is 5.73 Å². The van der Waals surface area contributed by atoms with Crippen LogP contribution in [-0.2, 0) is 4.79 Å². The predicted octanol–water partition coefficient (Wildman–Crippen LogP) is 2.54. The number of hydrogen-bond acceptors (Lipinski definition) is 2. The molecule has 1 atom stereocenters. The van der Waals surface area contributed by atoms with Crippen LogP contribution in [0.2, 0.25) is 0 Å². The third-order valence-corrected chi connectivity index (χ3v) is 2.23. The summed E-state index contributed by atoms with van der Waals surface area (Å²) in [6.45, 7) is 0.777. The second kappa shape index (κ2) is 10.5. The fourth-order valence-electron chi connectivity index (χ4n) is 1.40. The largest absolute Gasteiger partial charge is 0.481 e. The highest BCUT2D eigenvalue weighted by Gasteiger charge is 1.96. The van der Waals surface area contributed by atoms with E-state index in [0.717, 1.165) is 32.2 Å². The first-order valence-electron chi connectivity index (χ1n) is 6.11. The van der Waals surface area contributed by atoms with Crippen molar-refractivity contribution in [2.45, 2.75) is 57.8 Å². The van der Waals surface area contributed by atoms with Gasteiger partial charge in [-0.2, -0.15) is 0 Å². The quantitative estimate of drug-likeness (QED) is 0.536. The third kappa shape index (κ3) is 11.4. The van der Waals surface area contributed by atoms with E-state index >= 15 is 0 Å². The summed E-state index contributed by atoms with van der Waals surface area (Å²) in [4.78, 5) is 10.3. The van der Waals surface area contributed by atoms with Gasteiger partial charge in [-0.3, -0.25) is 4.79 Å². The van der Waals surface area contributed by atoms with E-state index in [-0.39, 0.29) is 0 Å². The molecule has 0 fully saturated rings. The van der Waals surface area contributed by atoms with Crippen molar-refractivity contribution in [2.24, 2.45) is 5.73 Å². The molecule has 1 unspecified atom stereocenters. The molecule has 0 aliphatic heterocycles. The molecular weight excluding hydrogens is 178 g/mol. The number of rotatable bonds is 10. The normalized spacial score (nSPS) is 13.6. The summed E-state index contributed by atoms with van der Waals surface area (Å²) in [6, 6.07) is 0. The van der Waals surface area contributed by atoms with Gasteiger partial charge in [-0.1, -0.05) is 38.5 Å². The molecule has 14 heavy (non-hydrogen) atoms. The van der Waals surface area contributed by atoms with Gasteiger partial charge in [-0.15, -0.1) is 0 Å². The van der Waals surface area contributed by atoms with Gasteiger partial charge in [0.1, 0.15) is 0 Å². The van der Waals surface area contributed by atoms with Gasteiger partial charge in [-0.25, -0.2) is 0 Å². The van der Waals surface area contributed by atoms with Crippen LogP contribution in [0.3, 0.4) is 0 Å². The maximum absolute atomic E-state index is 10.3. The lowest BCUT2D eigenvalue weighted by molar-refractivity contribution is -0.137. The molecule has 3 heteroatoms. The zero-order valence-electron chi connectivity index (χ0n) is 9.87. The van der Waals surface area contributed by atoms with Crippen molar-refractivity contribution in [1.29, 1.82) is 0 Å². The van der Waals surface area contributed by atoms with E-state index in [9.17, 15) is 4.79 Å². The van der Waals surface area contributed by atoms with Gasteiger partial charge in [0, 0.05) is 7.77 Å². The van der Waals surface area contributed by atoms with Gasteiger partial charge < -0.3 is 10.8 Å². The Kier molecular flexibility index (Phi) is 8.64. The average molecular weight is 203 g/mol. The van der Waals surface area contributed by atoms with Crippen LogP contribution in [0.1, 0.15) is 59.1 Å². The minimum absolute atomic E-state index is 0.484. The summed E-state index contributed by atoms with van der Waals surface area (Å²) in [5, 5.41) is 8.48. The molecule has 0 amide bonds. The lowest BCUT2D eigenvalue weighted by atomic mass is 10.1. The predicted molar refractivity (Wildman–Crippen MR) is 58.2 cm³/mol. The van der Waals surface area contributed by atoms with Crippen LogP contribution in [0.15, 0.2) is 0 Å². The molecule has 0 rings (SSSR count). The zero-order chi connectivity index (χ0) is 11.5. The first kappa shape index (κ1) is 11.5. The number of unbranched alkanes of at least 4 members (excludes halogenated alkanes) is 6. The van der Waals surface area contributed by atoms with E-state index in [1.807, 2.05) is 0 Å². The number of aliphatic carboxylic acids is 1. The Hall–Kier alpha value is -0.570. The highest BCUT2D eigenvalue weighted by molar-refractivity contribution is 5.66. The fourth-order valence-corrected chi connectivity index (χ4v) is 1.40. The molecule has 0 aromatic carbocycles. The number of carbonyl (C=O) groups is 1. The minimum atomic E-state index is -1.00. The maximum Gasteiger partial charge on any atom is 0.303 e. The van der Waals surface area contributed by atoms with Crippen molar-refractivity contribution in [3.8, 4) is 0 Å². The molecule has 0 saturated heterocycles. The molecule has 0 spiro atoms. The van der Waals surface area contributed by atoms with Gasteiger partial charge in [-0.05, 0) is 19.4 Å². The molecule has 0 aliphatic carbocycles. The first-order valence-corrected chi connectivity index (χ1v) is 5.53. The standard InChI is InChI=1S/C11H23NO2/c12-10-8-6-4-2-1-3-5-7-9-11(13)14/h1-10,12H2,(H,13,14)/i9T. The molecule has 3 N–H and O–H groups in total. The molecule has 0 aromatic heterocycles. The van der Waals surface area contributed by atoms with Crippen LogP contribution in [0.25, 0.3) is 0 Å². The van der Waals surface area contributed by atoms with Crippen molar-refractivity contribution in [3.63, 3.8) is 0 Å². The van der Waals surface area contributed by atoms with Crippen molar-refractivity contribution in [3.05, 3.63) is 0 Å². The van der Waals surface area contributed by atoms with Crippen molar-refractivity contribution >= 4 is 5.97 Å². The summed E-state index contributed by atoms with van der Waals surface area (Å²) in [6.07, 6.45) is 7.34. The Morgan fingerprint density at radius 1 is 1.00 bits per heavy atom. The van der Waals surface area contributed by atoms with Gasteiger partial charge in [0.2, 0.25) is 0 Å². The van der Waals surface area contributed by atoms with Gasteiger partial charge in [0.25, 0.3) is 0 Å². The van der Waals surface area contributed by atoms with Crippen LogP contribution in [0.4, 0.5) is 0 Å². The Labute approximate surface area is 88.1 Å². The van der Waals surface area contributed by atoms with Crippen LogP contribution in [0, 0.1) is 0 Å². The summed E-state index contributed by atoms with van der Waals surface area (Å²) in [5.74, 6) is -1.00.